The second-order valence-electron chi connectivity index (χ2n) is 8.34. The second-order valence-corrected chi connectivity index (χ2v) is 9.41. The van der Waals surface area contributed by atoms with Crippen molar-refractivity contribution in [1.82, 2.24) is 0 Å². The lowest BCUT2D eigenvalue weighted by molar-refractivity contribution is -0.140. The summed E-state index contributed by atoms with van der Waals surface area (Å²) in [7, 11) is 1.40. The fourth-order valence-corrected chi connectivity index (χ4v) is 5.26. The fraction of sp³-hybridized carbons (Fsp3) is 0.667. The van der Waals surface area contributed by atoms with Crippen LogP contribution in [-0.2, 0) is 14.3 Å². The Morgan fingerprint density at radius 2 is 1.93 bits per heavy atom. The first-order valence-electron chi connectivity index (χ1n) is 11.1. The van der Waals surface area contributed by atoms with Crippen molar-refractivity contribution in [2.45, 2.75) is 81.8 Å². The Labute approximate surface area is 184 Å². The molecular weight excluding hydrogens is 400 g/mol. The summed E-state index contributed by atoms with van der Waals surface area (Å²) in [6.07, 6.45) is 5.36. The molecule has 168 valence electrons. The number of carbonyl (C=O) groups excluding carboxylic acids is 2. The Kier molecular flexibility index (Phi) is 10.9. The topological polar surface area (TPSA) is 83.8 Å². The minimum absolute atomic E-state index is 0.0503. The molecule has 0 aliphatic heterocycles. The Balaban J connectivity index is 1.71. The van der Waals surface area contributed by atoms with Crippen LogP contribution < -0.4 is 0 Å². The molecule has 1 fully saturated rings. The molecule has 0 amide bonds. The van der Waals surface area contributed by atoms with Gasteiger partial charge in [-0.2, -0.15) is 0 Å². The lowest BCUT2D eigenvalue weighted by Crippen LogP contribution is -2.23. The number of carbonyl (C=O) groups is 2. The summed E-state index contributed by atoms with van der Waals surface area (Å²) in [4.78, 5) is 24.7. The number of rotatable bonds is 13. The number of aliphatic hydroxyl groups excluding tert-OH is 2. The predicted octanol–water partition coefficient (Wildman–Crippen LogP) is 4.31. The smallest absolute Gasteiger partial charge is 0.305 e. The van der Waals surface area contributed by atoms with Crippen molar-refractivity contribution in [2.75, 3.05) is 12.9 Å². The number of esters is 1. The van der Waals surface area contributed by atoms with Crippen LogP contribution in [-0.4, -0.2) is 47.0 Å². The molecule has 0 saturated heterocycles. The highest BCUT2D eigenvalue weighted by atomic mass is 32.2. The predicted molar refractivity (Wildman–Crippen MR) is 119 cm³/mol. The summed E-state index contributed by atoms with van der Waals surface area (Å²) in [5.41, 5.74) is 1.21. The van der Waals surface area contributed by atoms with Crippen LogP contribution in [0.5, 0.6) is 0 Å². The third kappa shape index (κ3) is 8.05. The van der Waals surface area contributed by atoms with Crippen LogP contribution in [0.25, 0.3) is 0 Å². The molecule has 1 aromatic carbocycles. The SMILES string of the molecule is COC(=O)CCCCCCC1C(=O)C[C@@H](O)C1CCC(O)CSc1ccccc1C. The van der Waals surface area contributed by atoms with E-state index in [0.29, 0.717) is 25.0 Å². The Hall–Kier alpha value is -1.37. The summed E-state index contributed by atoms with van der Waals surface area (Å²) >= 11 is 1.65. The molecule has 0 heterocycles. The molecule has 2 N–H and O–H groups in total. The van der Waals surface area contributed by atoms with E-state index < -0.39 is 12.2 Å². The molecule has 0 radical (unpaired) electrons. The molecule has 1 saturated carbocycles. The van der Waals surface area contributed by atoms with Crippen LogP contribution in [0, 0.1) is 18.8 Å². The van der Waals surface area contributed by atoms with Crippen molar-refractivity contribution in [2.24, 2.45) is 11.8 Å². The van der Waals surface area contributed by atoms with Gasteiger partial charge in [-0.25, -0.2) is 0 Å². The van der Waals surface area contributed by atoms with Crippen LogP contribution >= 0.6 is 11.8 Å². The molecule has 2 rings (SSSR count). The Bertz CT molecular complexity index is 677. The molecule has 5 nitrogen and oxygen atoms in total. The highest BCUT2D eigenvalue weighted by Crippen LogP contribution is 2.37. The summed E-state index contributed by atoms with van der Waals surface area (Å²) in [5, 5.41) is 20.8. The maximum absolute atomic E-state index is 12.3. The molecule has 6 heteroatoms. The number of Topliss-reactive ketones (excluding diaryl/α,β-unsaturated/α-hetero) is 1. The van der Waals surface area contributed by atoms with Crippen molar-refractivity contribution in [3.63, 3.8) is 0 Å². The average molecular weight is 437 g/mol. The van der Waals surface area contributed by atoms with E-state index in [0.717, 1.165) is 32.1 Å². The van der Waals surface area contributed by atoms with E-state index >= 15 is 0 Å². The van der Waals surface area contributed by atoms with E-state index in [4.69, 9.17) is 0 Å². The largest absolute Gasteiger partial charge is 0.469 e. The van der Waals surface area contributed by atoms with Crippen molar-refractivity contribution < 1.29 is 24.5 Å². The number of hydrogen-bond donors (Lipinski definition) is 2. The zero-order valence-corrected chi connectivity index (χ0v) is 19.0. The van der Waals surface area contributed by atoms with E-state index in [1.807, 2.05) is 12.1 Å². The van der Waals surface area contributed by atoms with Gasteiger partial charge in [-0.15, -0.1) is 11.8 Å². The number of thioether (sulfide) groups is 1. The maximum atomic E-state index is 12.3. The number of benzene rings is 1. The summed E-state index contributed by atoms with van der Waals surface area (Å²) in [5.74, 6) is 0.448. The molecule has 0 aromatic heterocycles. The number of unbranched alkanes of at least 4 members (excludes halogenated alkanes) is 3. The van der Waals surface area contributed by atoms with Gasteiger partial charge >= 0.3 is 5.97 Å². The van der Waals surface area contributed by atoms with Crippen LogP contribution in [0.1, 0.15) is 63.4 Å². The molecule has 1 aliphatic rings. The normalized spacial score (nSPS) is 22.3. The fourth-order valence-electron chi connectivity index (χ4n) is 4.25. The summed E-state index contributed by atoms with van der Waals surface area (Å²) < 4.78 is 4.64. The van der Waals surface area contributed by atoms with Gasteiger partial charge in [0.05, 0.1) is 19.3 Å². The Morgan fingerprint density at radius 3 is 2.67 bits per heavy atom. The minimum Gasteiger partial charge on any atom is -0.469 e. The van der Waals surface area contributed by atoms with E-state index in [1.165, 1.54) is 17.6 Å². The van der Waals surface area contributed by atoms with Gasteiger partial charge in [-0.1, -0.05) is 37.5 Å². The molecular formula is C24H36O5S. The monoisotopic (exact) mass is 436 g/mol. The van der Waals surface area contributed by atoms with Gasteiger partial charge in [0.25, 0.3) is 0 Å². The summed E-state index contributed by atoms with van der Waals surface area (Å²) in [6.45, 7) is 2.06. The van der Waals surface area contributed by atoms with Gasteiger partial charge < -0.3 is 14.9 Å². The number of aliphatic hydroxyl groups is 2. The van der Waals surface area contributed by atoms with Gasteiger partial charge in [-0.3, -0.25) is 9.59 Å². The molecule has 0 bridgehead atoms. The Morgan fingerprint density at radius 1 is 1.20 bits per heavy atom. The van der Waals surface area contributed by atoms with E-state index in [2.05, 4.69) is 23.8 Å². The molecule has 1 aliphatic carbocycles. The minimum atomic E-state index is -0.585. The van der Waals surface area contributed by atoms with Crippen LogP contribution in [0.4, 0.5) is 0 Å². The van der Waals surface area contributed by atoms with E-state index in [-0.39, 0.29) is 30.0 Å². The van der Waals surface area contributed by atoms with Crippen LogP contribution in [0.3, 0.4) is 0 Å². The van der Waals surface area contributed by atoms with Gasteiger partial charge in [-0.05, 0) is 50.2 Å². The highest BCUT2D eigenvalue weighted by molar-refractivity contribution is 7.99. The van der Waals surface area contributed by atoms with Gasteiger partial charge in [0.2, 0.25) is 0 Å². The van der Waals surface area contributed by atoms with Crippen molar-refractivity contribution >= 4 is 23.5 Å². The first-order chi connectivity index (χ1) is 14.4. The van der Waals surface area contributed by atoms with Gasteiger partial charge in [0, 0.05) is 29.4 Å². The van der Waals surface area contributed by atoms with Crippen molar-refractivity contribution in [3.05, 3.63) is 29.8 Å². The summed E-state index contributed by atoms with van der Waals surface area (Å²) in [6, 6.07) is 8.14. The molecule has 3 unspecified atom stereocenters. The molecule has 1 aromatic rings. The molecule has 30 heavy (non-hydrogen) atoms. The third-order valence-electron chi connectivity index (χ3n) is 6.07. The van der Waals surface area contributed by atoms with E-state index in [1.54, 1.807) is 11.8 Å². The van der Waals surface area contributed by atoms with Crippen LogP contribution in [0.15, 0.2) is 29.2 Å². The van der Waals surface area contributed by atoms with Crippen molar-refractivity contribution in [3.8, 4) is 0 Å². The molecule has 4 atom stereocenters. The quantitative estimate of drug-likeness (QED) is 0.272. The number of ketones is 1. The van der Waals surface area contributed by atoms with Crippen molar-refractivity contribution in [1.29, 1.82) is 0 Å². The van der Waals surface area contributed by atoms with Gasteiger partial charge in [0.15, 0.2) is 0 Å². The highest BCUT2D eigenvalue weighted by Gasteiger charge is 2.40. The third-order valence-corrected chi connectivity index (χ3v) is 7.39. The zero-order valence-electron chi connectivity index (χ0n) is 18.2. The average Bonchev–Trinajstić information content (AvgIpc) is 3.00. The lowest BCUT2D eigenvalue weighted by Gasteiger charge is -2.22. The lowest BCUT2D eigenvalue weighted by atomic mass is 9.85. The number of methoxy groups -OCH3 is 1. The molecule has 0 spiro atoms. The number of aryl methyl sites for hydroxylation is 1. The van der Waals surface area contributed by atoms with Gasteiger partial charge in [0.1, 0.15) is 5.78 Å². The first-order valence-corrected chi connectivity index (χ1v) is 12.0. The maximum Gasteiger partial charge on any atom is 0.305 e. The zero-order chi connectivity index (χ0) is 21.9. The number of ether oxygens (including phenoxy) is 1. The van der Waals surface area contributed by atoms with E-state index in [9.17, 15) is 19.8 Å². The van der Waals surface area contributed by atoms with Crippen LogP contribution in [0.2, 0.25) is 0 Å². The second kappa shape index (κ2) is 13.1. The number of hydrogen-bond acceptors (Lipinski definition) is 6. The first kappa shape index (κ1) is 24.9. The standard InChI is InChI=1S/C24H36O5S/c1-17-9-7-8-11-23(17)30-16-18(25)13-14-20-19(21(26)15-22(20)27)10-5-3-4-6-12-24(28)29-2/h7-9,11,18-20,22,25,27H,3-6,10,12-16H2,1-2H3/t18?,19?,20?,22-/m1/s1.